The molecule has 20 heavy (non-hydrogen) atoms. The van der Waals surface area contributed by atoms with Crippen LogP contribution >= 0.6 is 0 Å². The van der Waals surface area contributed by atoms with E-state index in [1.165, 1.54) is 0 Å². The molecule has 1 aromatic carbocycles. The molecule has 0 aliphatic carbocycles. The molecule has 2 aromatic rings. The van der Waals surface area contributed by atoms with Crippen molar-refractivity contribution in [2.24, 2.45) is 0 Å². The molecule has 2 N–H and O–H groups in total. The Kier molecular flexibility index (Phi) is 3.11. The lowest BCUT2D eigenvalue weighted by molar-refractivity contribution is -0.146. The van der Waals surface area contributed by atoms with Crippen LogP contribution in [0.25, 0.3) is 11.1 Å². The molecule has 104 valence electrons. The molecular weight excluding hydrogens is 262 g/mol. The number of oxazole rings is 1. The lowest BCUT2D eigenvalue weighted by Gasteiger charge is -2.31. The Labute approximate surface area is 114 Å². The van der Waals surface area contributed by atoms with E-state index in [9.17, 15) is 9.59 Å². The number of piperazine rings is 1. The fraction of sp³-hybridized carbons (Fsp3) is 0.308. The average Bonchev–Trinajstić information content (AvgIpc) is 2.80. The SMILES string of the molecule is O=C1CN(Cc2nc3ccccc3o2)C(C(=O)O)CN1. The number of hydrogen-bond acceptors (Lipinski definition) is 5. The molecule has 0 spiro atoms. The van der Waals surface area contributed by atoms with E-state index in [-0.39, 0.29) is 25.5 Å². The number of carbonyl (C=O) groups is 2. The monoisotopic (exact) mass is 275 g/mol. The lowest BCUT2D eigenvalue weighted by Crippen LogP contribution is -2.56. The summed E-state index contributed by atoms with van der Waals surface area (Å²) in [5.41, 5.74) is 1.37. The van der Waals surface area contributed by atoms with Gasteiger partial charge in [-0.2, -0.15) is 0 Å². The van der Waals surface area contributed by atoms with Crippen LogP contribution in [0.15, 0.2) is 28.7 Å². The first kappa shape index (κ1) is 12.6. The van der Waals surface area contributed by atoms with Crippen LogP contribution in [0.2, 0.25) is 0 Å². The van der Waals surface area contributed by atoms with E-state index in [4.69, 9.17) is 9.52 Å². The molecule has 0 radical (unpaired) electrons. The molecule has 1 aliphatic heterocycles. The third-order valence-corrected chi connectivity index (χ3v) is 3.24. The maximum absolute atomic E-state index is 11.4. The van der Waals surface area contributed by atoms with Crippen molar-refractivity contribution in [3.8, 4) is 0 Å². The van der Waals surface area contributed by atoms with Crippen LogP contribution in [0.3, 0.4) is 0 Å². The van der Waals surface area contributed by atoms with Crippen molar-refractivity contribution in [2.45, 2.75) is 12.6 Å². The van der Waals surface area contributed by atoms with E-state index in [0.717, 1.165) is 5.52 Å². The van der Waals surface area contributed by atoms with Gasteiger partial charge in [0, 0.05) is 6.54 Å². The fourth-order valence-electron chi connectivity index (χ4n) is 2.26. The molecule has 3 rings (SSSR count). The van der Waals surface area contributed by atoms with E-state index >= 15 is 0 Å². The minimum atomic E-state index is -0.971. The maximum atomic E-state index is 11.4. The largest absolute Gasteiger partial charge is 0.480 e. The van der Waals surface area contributed by atoms with Gasteiger partial charge in [0.15, 0.2) is 5.58 Å². The molecule has 1 aliphatic rings. The number of benzene rings is 1. The van der Waals surface area contributed by atoms with Gasteiger partial charge < -0.3 is 14.8 Å². The molecule has 2 heterocycles. The predicted molar refractivity (Wildman–Crippen MR) is 68.9 cm³/mol. The quantitative estimate of drug-likeness (QED) is 0.831. The average molecular weight is 275 g/mol. The number of aromatic nitrogens is 1. The van der Waals surface area contributed by atoms with Crippen molar-refractivity contribution in [3.05, 3.63) is 30.2 Å². The zero-order chi connectivity index (χ0) is 14.1. The van der Waals surface area contributed by atoms with Crippen molar-refractivity contribution >= 4 is 23.0 Å². The second kappa shape index (κ2) is 4.93. The van der Waals surface area contributed by atoms with Crippen molar-refractivity contribution in [3.63, 3.8) is 0 Å². The van der Waals surface area contributed by atoms with E-state index in [0.29, 0.717) is 11.5 Å². The first-order chi connectivity index (χ1) is 9.63. The highest BCUT2D eigenvalue weighted by Crippen LogP contribution is 2.17. The third-order valence-electron chi connectivity index (χ3n) is 3.24. The molecule has 0 saturated carbocycles. The Morgan fingerprint density at radius 3 is 3.05 bits per heavy atom. The van der Waals surface area contributed by atoms with E-state index in [2.05, 4.69) is 10.3 Å². The summed E-state index contributed by atoms with van der Waals surface area (Å²) < 4.78 is 5.56. The summed E-state index contributed by atoms with van der Waals surface area (Å²) >= 11 is 0. The number of para-hydroxylation sites is 2. The molecule has 1 atom stereocenters. The van der Waals surface area contributed by atoms with Gasteiger partial charge in [-0.15, -0.1) is 0 Å². The van der Waals surface area contributed by atoms with Gasteiger partial charge >= 0.3 is 5.97 Å². The van der Waals surface area contributed by atoms with Crippen molar-refractivity contribution in [2.75, 3.05) is 13.1 Å². The number of carbonyl (C=O) groups excluding carboxylic acids is 1. The second-order valence-corrected chi connectivity index (χ2v) is 4.64. The van der Waals surface area contributed by atoms with Crippen LogP contribution in [0.4, 0.5) is 0 Å². The van der Waals surface area contributed by atoms with E-state index in [1.54, 1.807) is 11.0 Å². The van der Waals surface area contributed by atoms with Crippen molar-refractivity contribution in [1.82, 2.24) is 15.2 Å². The van der Waals surface area contributed by atoms with Crippen LogP contribution in [0.5, 0.6) is 0 Å². The first-order valence-electron chi connectivity index (χ1n) is 6.21. The minimum Gasteiger partial charge on any atom is -0.480 e. The minimum absolute atomic E-state index is 0.0235. The summed E-state index contributed by atoms with van der Waals surface area (Å²) in [5.74, 6) is -0.758. The number of aliphatic carboxylic acids is 1. The standard InChI is InChI=1S/C13H13N3O4/c17-11-6-16(9(5-14-11)13(18)19)7-12-15-8-3-1-2-4-10(8)20-12/h1-4,9H,5-7H2,(H,14,17)(H,18,19). The van der Waals surface area contributed by atoms with Crippen LogP contribution in [-0.4, -0.2) is 46.0 Å². The van der Waals surface area contributed by atoms with Crippen LogP contribution in [-0.2, 0) is 16.1 Å². The van der Waals surface area contributed by atoms with Crippen LogP contribution in [0, 0.1) is 0 Å². The molecule has 7 nitrogen and oxygen atoms in total. The highest BCUT2D eigenvalue weighted by Gasteiger charge is 2.32. The van der Waals surface area contributed by atoms with Gasteiger partial charge in [0.1, 0.15) is 11.6 Å². The van der Waals surface area contributed by atoms with Gasteiger partial charge in [-0.3, -0.25) is 14.5 Å². The summed E-state index contributed by atoms with van der Waals surface area (Å²) in [6, 6.07) is 6.54. The number of carboxylic acids is 1. The first-order valence-corrected chi connectivity index (χ1v) is 6.21. The molecule has 1 fully saturated rings. The topological polar surface area (TPSA) is 95.7 Å². The van der Waals surface area contributed by atoms with Crippen molar-refractivity contribution in [1.29, 1.82) is 0 Å². The number of hydrogen-bond donors (Lipinski definition) is 2. The Morgan fingerprint density at radius 1 is 1.50 bits per heavy atom. The number of carboxylic acid groups (broad SMARTS) is 1. The van der Waals surface area contributed by atoms with Gasteiger partial charge in [-0.25, -0.2) is 4.98 Å². The normalized spacial score (nSPS) is 20.0. The lowest BCUT2D eigenvalue weighted by atomic mass is 10.2. The zero-order valence-electron chi connectivity index (χ0n) is 10.6. The number of rotatable bonds is 3. The fourth-order valence-corrected chi connectivity index (χ4v) is 2.26. The Hall–Kier alpha value is -2.41. The Morgan fingerprint density at radius 2 is 2.30 bits per heavy atom. The van der Waals surface area contributed by atoms with Crippen LogP contribution < -0.4 is 5.32 Å². The smallest absolute Gasteiger partial charge is 0.322 e. The number of amides is 1. The predicted octanol–water partition coefficient (Wildman–Crippen LogP) is 0.213. The summed E-state index contributed by atoms with van der Waals surface area (Å²) in [7, 11) is 0. The van der Waals surface area contributed by atoms with E-state index < -0.39 is 12.0 Å². The molecule has 1 amide bonds. The molecule has 1 unspecified atom stereocenters. The highest BCUT2D eigenvalue weighted by molar-refractivity contribution is 5.83. The second-order valence-electron chi connectivity index (χ2n) is 4.64. The summed E-state index contributed by atoms with van der Waals surface area (Å²) in [5, 5.41) is 11.7. The Balaban J connectivity index is 1.83. The van der Waals surface area contributed by atoms with Gasteiger partial charge in [0.05, 0.1) is 13.1 Å². The summed E-state index contributed by atoms with van der Waals surface area (Å²) in [6.07, 6.45) is 0. The van der Waals surface area contributed by atoms with E-state index in [1.807, 2.05) is 18.2 Å². The van der Waals surface area contributed by atoms with Gasteiger partial charge in [-0.05, 0) is 12.1 Å². The number of nitrogens with one attached hydrogen (secondary N) is 1. The highest BCUT2D eigenvalue weighted by atomic mass is 16.4. The summed E-state index contributed by atoms with van der Waals surface area (Å²) in [6.45, 7) is 0.309. The molecular formula is C13H13N3O4. The molecule has 1 aromatic heterocycles. The van der Waals surface area contributed by atoms with Crippen molar-refractivity contribution < 1.29 is 19.1 Å². The molecule has 0 bridgehead atoms. The summed E-state index contributed by atoms with van der Waals surface area (Å²) in [4.78, 5) is 28.4. The number of fused-ring (bicyclic) bond motifs is 1. The van der Waals surface area contributed by atoms with Crippen LogP contribution in [0.1, 0.15) is 5.89 Å². The van der Waals surface area contributed by atoms with Gasteiger partial charge in [0.25, 0.3) is 0 Å². The van der Waals surface area contributed by atoms with Gasteiger partial charge in [0.2, 0.25) is 11.8 Å². The maximum Gasteiger partial charge on any atom is 0.322 e. The number of nitrogens with zero attached hydrogens (tertiary/aromatic N) is 2. The third kappa shape index (κ3) is 2.35. The van der Waals surface area contributed by atoms with Gasteiger partial charge in [-0.1, -0.05) is 12.1 Å². The molecule has 1 saturated heterocycles. The zero-order valence-corrected chi connectivity index (χ0v) is 10.6. The Bertz CT molecular complexity index is 633. The molecule has 7 heteroatoms.